The number of nitro groups is 1. The van der Waals surface area contributed by atoms with Gasteiger partial charge in [-0.25, -0.2) is 0 Å². The third kappa shape index (κ3) is 3.20. The number of piperidine rings is 1. The van der Waals surface area contributed by atoms with E-state index in [9.17, 15) is 14.5 Å². The van der Waals surface area contributed by atoms with Gasteiger partial charge in [0, 0.05) is 50.0 Å². The summed E-state index contributed by atoms with van der Waals surface area (Å²) in [6.07, 6.45) is 2.37. The van der Waals surface area contributed by atoms with Crippen LogP contribution in [-0.4, -0.2) is 55.1 Å². The third-order valence-corrected chi connectivity index (χ3v) is 4.63. The first-order valence-corrected chi connectivity index (χ1v) is 7.79. The lowest BCUT2D eigenvalue weighted by molar-refractivity contribution is -0.387. The van der Waals surface area contributed by atoms with E-state index in [-0.39, 0.29) is 0 Å². The maximum Gasteiger partial charge on any atom is 0.304 e. The summed E-state index contributed by atoms with van der Waals surface area (Å²) >= 11 is 0. The lowest BCUT2D eigenvalue weighted by Gasteiger charge is -2.41. The van der Waals surface area contributed by atoms with Crippen molar-refractivity contribution in [3.05, 3.63) is 34.1 Å². The van der Waals surface area contributed by atoms with Crippen LogP contribution in [0.4, 0.5) is 15.8 Å². The van der Waals surface area contributed by atoms with Crippen molar-refractivity contribution in [3.8, 4) is 0 Å². The molecule has 0 spiro atoms. The molecule has 6 nitrogen and oxygen atoms in total. The minimum Gasteiger partial charge on any atom is -0.369 e. The molecule has 120 valence electrons. The van der Waals surface area contributed by atoms with Crippen LogP contribution in [-0.2, 0) is 0 Å². The van der Waals surface area contributed by atoms with Gasteiger partial charge in [0.05, 0.1) is 4.92 Å². The van der Waals surface area contributed by atoms with Crippen LogP contribution in [0.3, 0.4) is 0 Å². The summed E-state index contributed by atoms with van der Waals surface area (Å²) in [5.74, 6) is -0.761. The number of piperazine rings is 1. The van der Waals surface area contributed by atoms with E-state index in [1.165, 1.54) is 25.0 Å². The summed E-state index contributed by atoms with van der Waals surface area (Å²) in [7, 11) is 0. The minimum absolute atomic E-state index is 0.461. The minimum atomic E-state index is -0.761. The Balaban J connectivity index is 1.61. The lowest BCUT2D eigenvalue weighted by Crippen LogP contribution is -2.52. The Hall–Kier alpha value is -1.73. The van der Waals surface area contributed by atoms with Crippen molar-refractivity contribution in [2.75, 3.05) is 44.2 Å². The fraction of sp³-hybridized carbons (Fsp3) is 0.600. The molecule has 2 aliphatic rings. The van der Waals surface area contributed by atoms with E-state index in [1.54, 1.807) is 6.07 Å². The highest BCUT2D eigenvalue weighted by atomic mass is 19.1. The van der Waals surface area contributed by atoms with Crippen molar-refractivity contribution in [2.24, 2.45) is 0 Å². The summed E-state index contributed by atoms with van der Waals surface area (Å²) in [5, 5.41) is 14.0. The quantitative estimate of drug-likeness (QED) is 0.679. The Kier molecular flexibility index (Phi) is 4.54. The molecule has 0 radical (unpaired) electrons. The maximum atomic E-state index is 13.7. The van der Waals surface area contributed by atoms with Crippen LogP contribution in [0, 0.1) is 15.9 Å². The molecule has 0 aromatic heterocycles. The van der Waals surface area contributed by atoms with Crippen molar-refractivity contribution in [2.45, 2.75) is 18.9 Å². The van der Waals surface area contributed by atoms with Crippen molar-refractivity contribution in [1.29, 1.82) is 0 Å². The first kappa shape index (κ1) is 15.2. The molecular formula is C15H21FN4O2. The number of halogens is 1. The second-order valence-corrected chi connectivity index (χ2v) is 5.90. The zero-order valence-corrected chi connectivity index (χ0v) is 12.5. The van der Waals surface area contributed by atoms with Gasteiger partial charge in [-0.1, -0.05) is 0 Å². The van der Waals surface area contributed by atoms with E-state index in [0.29, 0.717) is 6.04 Å². The second kappa shape index (κ2) is 6.58. The van der Waals surface area contributed by atoms with E-state index < -0.39 is 16.4 Å². The smallest absolute Gasteiger partial charge is 0.304 e. The van der Waals surface area contributed by atoms with E-state index in [0.717, 1.165) is 45.0 Å². The molecule has 0 atom stereocenters. The number of nitro benzene ring substituents is 1. The van der Waals surface area contributed by atoms with E-state index in [1.807, 2.05) is 0 Å². The Bertz CT molecular complexity index is 540. The van der Waals surface area contributed by atoms with Gasteiger partial charge in [-0.05, 0) is 32.0 Å². The molecule has 1 aromatic carbocycles. The van der Waals surface area contributed by atoms with Gasteiger partial charge >= 0.3 is 5.69 Å². The highest BCUT2D eigenvalue weighted by Crippen LogP contribution is 2.25. The zero-order chi connectivity index (χ0) is 15.5. The van der Waals surface area contributed by atoms with Crippen LogP contribution in [0.5, 0.6) is 0 Å². The highest BCUT2D eigenvalue weighted by Gasteiger charge is 2.26. The van der Waals surface area contributed by atoms with E-state index >= 15 is 0 Å². The SMILES string of the molecule is O=[N+]([O-])c1ccc(N2CCN(C3CCNCC3)CC2)cc1F. The number of benzene rings is 1. The number of rotatable bonds is 3. The Labute approximate surface area is 129 Å². The molecule has 3 rings (SSSR count). The summed E-state index contributed by atoms with van der Waals surface area (Å²) in [6.45, 7) is 5.76. The van der Waals surface area contributed by atoms with Crippen LogP contribution in [0.2, 0.25) is 0 Å². The molecule has 0 saturated carbocycles. The number of anilines is 1. The van der Waals surface area contributed by atoms with Crippen LogP contribution >= 0.6 is 0 Å². The van der Waals surface area contributed by atoms with Gasteiger partial charge < -0.3 is 10.2 Å². The fourth-order valence-electron chi connectivity index (χ4n) is 3.36. The predicted molar refractivity (Wildman–Crippen MR) is 82.7 cm³/mol. The van der Waals surface area contributed by atoms with Crippen molar-refractivity contribution < 1.29 is 9.31 Å². The standard InChI is InChI=1S/C15H21FN4O2/c16-14-11-13(1-2-15(14)20(21)22)19-9-7-18(8-10-19)12-3-5-17-6-4-12/h1-2,11-12,17H,3-10H2. The van der Waals surface area contributed by atoms with Crippen LogP contribution in [0.15, 0.2) is 18.2 Å². The molecule has 0 unspecified atom stereocenters. The van der Waals surface area contributed by atoms with Crippen LogP contribution in [0.1, 0.15) is 12.8 Å². The fourth-order valence-corrected chi connectivity index (χ4v) is 3.36. The Morgan fingerprint density at radius 2 is 1.86 bits per heavy atom. The van der Waals surface area contributed by atoms with E-state index in [4.69, 9.17) is 0 Å². The molecule has 0 amide bonds. The highest BCUT2D eigenvalue weighted by molar-refractivity contribution is 5.52. The molecule has 2 saturated heterocycles. The van der Waals surface area contributed by atoms with Gasteiger partial charge in [0.25, 0.3) is 0 Å². The molecule has 1 aromatic rings. The molecule has 0 bridgehead atoms. The van der Waals surface area contributed by atoms with Gasteiger partial charge in [-0.15, -0.1) is 0 Å². The van der Waals surface area contributed by atoms with Crippen LogP contribution < -0.4 is 10.2 Å². The monoisotopic (exact) mass is 308 g/mol. The Morgan fingerprint density at radius 1 is 1.18 bits per heavy atom. The van der Waals surface area contributed by atoms with E-state index in [2.05, 4.69) is 15.1 Å². The summed E-state index contributed by atoms with van der Waals surface area (Å²) in [4.78, 5) is 14.6. The average molecular weight is 308 g/mol. The zero-order valence-electron chi connectivity index (χ0n) is 12.5. The largest absolute Gasteiger partial charge is 0.369 e. The summed E-state index contributed by atoms with van der Waals surface area (Å²) < 4.78 is 13.7. The van der Waals surface area contributed by atoms with Gasteiger partial charge in [0.1, 0.15) is 0 Å². The first-order chi connectivity index (χ1) is 10.6. The first-order valence-electron chi connectivity index (χ1n) is 7.79. The van der Waals surface area contributed by atoms with Gasteiger partial charge in [0.2, 0.25) is 5.82 Å². The van der Waals surface area contributed by atoms with Crippen LogP contribution in [0.25, 0.3) is 0 Å². The predicted octanol–water partition coefficient (Wildman–Crippen LogP) is 1.61. The van der Waals surface area contributed by atoms with Gasteiger partial charge in [0.15, 0.2) is 0 Å². The molecule has 2 aliphatic heterocycles. The molecule has 2 fully saturated rings. The third-order valence-electron chi connectivity index (χ3n) is 4.63. The lowest BCUT2D eigenvalue weighted by atomic mass is 10.0. The van der Waals surface area contributed by atoms with Crippen molar-refractivity contribution in [3.63, 3.8) is 0 Å². The Morgan fingerprint density at radius 3 is 2.45 bits per heavy atom. The normalized spacial score (nSPS) is 21.0. The van der Waals surface area contributed by atoms with Gasteiger partial charge in [-0.3, -0.25) is 15.0 Å². The number of hydrogen-bond donors (Lipinski definition) is 1. The number of hydrogen-bond acceptors (Lipinski definition) is 5. The molecule has 0 aliphatic carbocycles. The van der Waals surface area contributed by atoms with Crippen molar-refractivity contribution >= 4 is 11.4 Å². The summed E-state index contributed by atoms with van der Waals surface area (Å²) in [5.41, 5.74) is 0.269. The summed E-state index contributed by atoms with van der Waals surface area (Å²) in [6, 6.07) is 4.82. The molecule has 22 heavy (non-hydrogen) atoms. The molecular weight excluding hydrogens is 287 g/mol. The average Bonchev–Trinajstić information content (AvgIpc) is 2.55. The second-order valence-electron chi connectivity index (χ2n) is 5.90. The topological polar surface area (TPSA) is 61.7 Å². The number of nitrogens with one attached hydrogen (secondary N) is 1. The molecule has 1 N–H and O–H groups in total. The van der Waals surface area contributed by atoms with Crippen molar-refractivity contribution in [1.82, 2.24) is 10.2 Å². The molecule has 7 heteroatoms. The maximum absolute atomic E-state index is 13.7. The molecule has 2 heterocycles. The van der Waals surface area contributed by atoms with Gasteiger partial charge in [-0.2, -0.15) is 4.39 Å². The number of nitrogens with zero attached hydrogens (tertiary/aromatic N) is 3.